The first-order valence-corrected chi connectivity index (χ1v) is 10.3. The number of aliphatic hydroxyl groups excluding tert-OH is 3. The van der Waals surface area contributed by atoms with Gasteiger partial charge in [-0.15, -0.1) is 0 Å². The van der Waals surface area contributed by atoms with E-state index in [9.17, 15) is 29.6 Å². The molecule has 0 spiro atoms. The van der Waals surface area contributed by atoms with E-state index in [0.29, 0.717) is 6.07 Å². The summed E-state index contributed by atoms with van der Waals surface area (Å²) in [4.78, 5) is 19.4. The number of ether oxygens (including phenoxy) is 1. The van der Waals surface area contributed by atoms with Crippen molar-refractivity contribution < 1.29 is 38.7 Å². The maximum absolute atomic E-state index is 15.1. The topological polar surface area (TPSA) is 169 Å². The largest absolute Gasteiger partial charge is 0.481 e. The highest BCUT2D eigenvalue weighted by Crippen LogP contribution is 2.38. The number of nitrogens with zero attached hydrogens (tertiary/aromatic N) is 6. The van der Waals surface area contributed by atoms with E-state index in [1.54, 1.807) is 0 Å². The first-order chi connectivity index (χ1) is 16.2. The lowest BCUT2D eigenvalue weighted by Crippen LogP contribution is -2.58. The molecule has 1 aromatic carbocycles. The SMILES string of the molecule is O=C(O)[C@H]1C[C@@H](OC(Cn2cncn2)(Cn2cncn2)c2ccc(F)cc2F)[C@H](O)[C@@H](O)[C@@H]1O. The van der Waals surface area contributed by atoms with Gasteiger partial charge in [0.25, 0.3) is 0 Å². The summed E-state index contributed by atoms with van der Waals surface area (Å²) in [7, 11) is 0. The molecule has 0 unspecified atom stereocenters. The van der Waals surface area contributed by atoms with E-state index in [4.69, 9.17) is 4.74 Å². The van der Waals surface area contributed by atoms with E-state index in [1.807, 2.05) is 0 Å². The van der Waals surface area contributed by atoms with Crippen LogP contribution >= 0.6 is 0 Å². The molecular formula is C20H22F2N6O6. The van der Waals surface area contributed by atoms with Crippen LogP contribution in [0.3, 0.4) is 0 Å². The number of hydrogen-bond acceptors (Lipinski definition) is 9. The van der Waals surface area contributed by atoms with Crippen LogP contribution in [0.4, 0.5) is 8.78 Å². The van der Waals surface area contributed by atoms with Crippen LogP contribution in [0.15, 0.2) is 43.5 Å². The number of carbonyl (C=O) groups is 1. The minimum absolute atomic E-state index is 0.139. The zero-order valence-corrected chi connectivity index (χ0v) is 17.6. The molecule has 182 valence electrons. The molecule has 4 N–H and O–H groups in total. The molecule has 1 fully saturated rings. The fourth-order valence-electron chi connectivity index (χ4n) is 4.21. The highest BCUT2D eigenvalue weighted by atomic mass is 19.1. The van der Waals surface area contributed by atoms with Gasteiger partial charge in [-0.1, -0.05) is 6.07 Å². The molecular weight excluding hydrogens is 458 g/mol. The van der Waals surface area contributed by atoms with Gasteiger partial charge in [-0.25, -0.2) is 28.1 Å². The van der Waals surface area contributed by atoms with Crippen LogP contribution in [0.5, 0.6) is 0 Å². The van der Waals surface area contributed by atoms with E-state index in [-0.39, 0.29) is 18.7 Å². The van der Waals surface area contributed by atoms with Crippen molar-refractivity contribution in [1.82, 2.24) is 29.5 Å². The van der Waals surface area contributed by atoms with Crippen molar-refractivity contribution in [2.75, 3.05) is 0 Å². The van der Waals surface area contributed by atoms with Gasteiger partial charge in [0.15, 0.2) is 0 Å². The molecule has 0 bridgehead atoms. The smallest absolute Gasteiger partial charge is 0.309 e. The Kier molecular flexibility index (Phi) is 6.65. The molecule has 0 aliphatic heterocycles. The van der Waals surface area contributed by atoms with Gasteiger partial charge < -0.3 is 25.2 Å². The van der Waals surface area contributed by atoms with Gasteiger partial charge in [0, 0.05) is 11.6 Å². The Bertz CT molecular complexity index is 1080. The Morgan fingerprint density at radius 1 is 1.03 bits per heavy atom. The zero-order chi connectivity index (χ0) is 24.5. The molecule has 12 nitrogen and oxygen atoms in total. The predicted octanol–water partition coefficient (Wildman–Crippen LogP) is -0.684. The maximum atomic E-state index is 15.1. The predicted molar refractivity (Wildman–Crippen MR) is 107 cm³/mol. The first-order valence-electron chi connectivity index (χ1n) is 10.3. The zero-order valence-electron chi connectivity index (χ0n) is 17.6. The highest BCUT2D eigenvalue weighted by molar-refractivity contribution is 5.71. The highest BCUT2D eigenvalue weighted by Gasteiger charge is 2.50. The Morgan fingerprint density at radius 3 is 2.15 bits per heavy atom. The second-order valence-electron chi connectivity index (χ2n) is 8.11. The molecule has 4 rings (SSSR count). The molecule has 2 aromatic heterocycles. The summed E-state index contributed by atoms with van der Waals surface area (Å²) < 4.78 is 37.7. The molecule has 1 aliphatic carbocycles. The Balaban J connectivity index is 1.82. The third kappa shape index (κ3) is 4.65. The second-order valence-corrected chi connectivity index (χ2v) is 8.11. The van der Waals surface area contributed by atoms with Crippen molar-refractivity contribution >= 4 is 5.97 Å². The quantitative estimate of drug-likeness (QED) is 0.324. The number of aliphatic hydroxyl groups is 3. The lowest BCUT2D eigenvalue weighted by molar-refractivity contribution is -0.223. The monoisotopic (exact) mass is 480 g/mol. The van der Waals surface area contributed by atoms with E-state index in [2.05, 4.69) is 20.2 Å². The van der Waals surface area contributed by atoms with Gasteiger partial charge in [0.05, 0.1) is 31.2 Å². The number of aliphatic carboxylic acids is 1. The van der Waals surface area contributed by atoms with Gasteiger partial charge in [-0.3, -0.25) is 4.79 Å². The molecule has 0 saturated heterocycles. The Labute approximate surface area is 191 Å². The van der Waals surface area contributed by atoms with Crippen molar-refractivity contribution in [3.05, 3.63) is 60.7 Å². The minimum Gasteiger partial charge on any atom is -0.481 e. The van der Waals surface area contributed by atoms with Gasteiger partial charge in [-0.2, -0.15) is 10.2 Å². The standard InChI is InChI=1S/C20H22F2N6O6/c21-11-1-2-13(14(22)3-11)20(5-27-9-23-7-25-27,6-28-10-24-8-26-28)34-15-4-12(19(32)33)16(29)18(31)17(15)30/h1-3,7-10,12,15-18,29-31H,4-6H2,(H,32,33)/t12-,15+,16+,17-,18-/m0/s1. The number of aromatic nitrogens is 6. The number of carboxylic acids is 1. The summed E-state index contributed by atoms with van der Waals surface area (Å²) in [6.45, 7) is -0.427. The third-order valence-corrected chi connectivity index (χ3v) is 5.86. The third-order valence-electron chi connectivity index (χ3n) is 5.86. The number of rotatable bonds is 8. The second kappa shape index (κ2) is 9.50. The first kappa shape index (κ1) is 23.8. The number of carboxylic acid groups (broad SMARTS) is 1. The summed E-state index contributed by atoms with van der Waals surface area (Å²) in [5, 5.41) is 48.6. The number of hydrogen-bond donors (Lipinski definition) is 4. The van der Waals surface area contributed by atoms with Crippen LogP contribution < -0.4 is 0 Å². The van der Waals surface area contributed by atoms with Crippen LogP contribution in [-0.4, -0.2) is 80.3 Å². The van der Waals surface area contributed by atoms with Crippen molar-refractivity contribution in [2.45, 2.75) is 49.5 Å². The van der Waals surface area contributed by atoms with E-state index in [0.717, 1.165) is 12.1 Å². The fraction of sp³-hybridized carbons (Fsp3) is 0.450. The molecule has 0 amide bonds. The molecule has 3 aromatic rings. The summed E-state index contributed by atoms with van der Waals surface area (Å²) >= 11 is 0. The van der Waals surface area contributed by atoms with Gasteiger partial charge in [-0.05, 0) is 12.5 Å². The molecule has 1 aliphatic rings. The maximum Gasteiger partial charge on any atom is 0.309 e. The van der Waals surface area contributed by atoms with E-state index < -0.39 is 60.0 Å². The van der Waals surface area contributed by atoms with E-state index in [1.165, 1.54) is 34.7 Å². The van der Waals surface area contributed by atoms with E-state index >= 15 is 4.39 Å². The van der Waals surface area contributed by atoms with Crippen LogP contribution in [0, 0.1) is 17.6 Å². The van der Waals surface area contributed by atoms with Gasteiger partial charge >= 0.3 is 5.97 Å². The summed E-state index contributed by atoms with van der Waals surface area (Å²) in [6, 6.07) is 2.84. The van der Waals surface area contributed by atoms with Gasteiger partial charge in [0.2, 0.25) is 0 Å². The lowest BCUT2D eigenvalue weighted by atomic mass is 9.80. The summed E-state index contributed by atoms with van der Waals surface area (Å²) in [5.74, 6) is -4.67. The molecule has 5 atom stereocenters. The van der Waals surface area contributed by atoms with Crippen molar-refractivity contribution in [2.24, 2.45) is 5.92 Å². The number of halogens is 2. The average molecular weight is 480 g/mol. The fourth-order valence-corrected chi connectivity index (χ4v) is 4.21. The van der Waals surface area contributed by atoms with Crippen LogP contribution in [0.1, 0.15) is 12.0 Å². The summed E-state index contributed by atoms with van der Waals surface area (Å²) in [6.07, 6.45) is -1.92. The normalized spacial score (nSPS) is 25.4. The molecule has 2 heterocycles. The molecule has 1 saturated carbocycles. The number of benzene rings is 1. The van der Waals surface area contributed by atoms with Crippen LogP contribution in [0.2, 0.25) is 0 Å². The Morgan fingerprint density at radius 2 is 1.65 bits per heavy atom. The van der Waals surface area contributed by atoms with Crippen molar-refractivity contribution in [3.63, 3.8) is 0 Å². The summed E-state index contributed by atoms with van der Waals surface area (Å²) in [5.41, 5.74) is -1.89. The van der Waals surface area contributed by atoms with Crippen molar-refractivity contribution in [1.29, 1.82) is 0 Å². The lowest BCUT2D eigenvalue weighted by Gasteiger charge is -2.44. The Hall–Kier alpha value is -3.33. The molecule has 14 heteroatoms. The molecule has 34 heavy (non-hydrogen) atoms. The van der Waals surface area contributed by atoms with Crippen molar-refractivity contribution in [3.8, 4) is 0 Å². The molecule has 0 radical (unpaired) electrons. The van der Waals surface area contributed by atoms with Gasteiger partial charge in [0.1, 0.15) is 54.8 Å². The van der Waals surface area contributed by atoms with Crippen LogP contribution in [-0.2, 0) is 28.2 Å². The average Bonchev–Trinajstić information content (AvgIpc) is 3.48. The van der Waals surface area contributed by atoms with Crippen LogP contribution in [0.25, 0.3) is 0 Å². The minimum atomic E-state index is -1.84.